The number of aromatic nitrogens is 4. The van der Waals surface area contributed by atoms with Gasteiger partial charge in [0.25, 0.3) is 5.91 Å². The van der Waals surface area contributed by atoms with Crippen LogP contribution < -0.4 is 10.2 Å². The Morgan fingerprint density at radius 1 is 1.00 bits per heavy atom. The van der Waals surface area contributed by atoms with E-state index in [-0.39, 0.29) is 18.2 Å². The zero-order valence-corrected chi connectivity index (χ0v) is 16.6. The fraction of sp³-hybridized carbons (Fsp3) is 0.0870. The molecule has 0 saturated heterocycles. The smallest absolute Gasteiger partial charge is 0.281 e. The lowest BCUT2D eigenvalue weighted by molar-refractivity contribution is -0.123. The molecule has 0 aliphatic carbocycles. The Morgan fingerprint density at radius 2 is 1.75 bits per heavy atom. The van der Waals surface area contributed by atoms with E-state index >= 15 is 0 Å². The summed E-state index contributed by atoms with van der Waals surface area (Å²) in [6.07, 6.45) is 0. The number of tetrazole rings is 1. The molecule has 32 heavy (non-hydrogen) atoms. The second-order valence-corrected chi connectivity index (χ2v) is 7.63. The van der Waals surface area contributed by atoms with Gasteiger partial charge in [-0.2, -0.15) is 4.68 Å². The van der Waals surface area contributed by atoms with Crippen LogP contribution in [0.5, 0.6) is 0 Å². The zero-order valence-electron chi connectivity index (χ0n) is 16.6. The number of hydrogen-bond acceptors (Lipinski definition) is 6. The zero-order chi connectivity index (χ0) is 21.9. The predicted octanol–water partition coefficient (Wildman–Crippen LogP) is 2.84. The lowest BCUT2D eigenvalue weighted by atomic mass is 9.96. The lowest BCUT2D eigenvalue weighted by Gasteiger charge is -2.35. The van der Waals surface area contributed by atoms with Crippen LogP contribution in [0.25, 0.3) is 11.4 Å². The number of rotatable bonds is 3. The van der Waals surface area contributed by atoms with Crippen LogP contribution in [0.1, 0.15) is 15.9 Å². The topological polar surface area (TPSA) is 93.0 Å². The number of benzene rings is 3. The largest absolute Gasteiger partial charge is 0.349 e. The summed E-state index contributed by atoms with van der Waals surface area (Å²) in [6, 6.07) is 20.0. The number of Topliss-reactive ketones (excluding diaryl/α,β-unsaturated/α-hetero) is 1. The standard InChI is InChI=1S/C23H15FN6O2/c24-15-11-9-14(10-12-15)20(31)13-29-19-8-4-2-6-17(19)23(22(29)32)25-18-7-3-1-5-16(18)21-26-27-28-30(21)23/h1-12,25H,13H2. The summed E-state index contributed by atoms with van der Waals surface area (Å²) in [5.74, 6) is -0.663. The molecule has 156 valence electrons. The molecule has 1 aromatic heterocycles. The highest BCUT2D eigenvalue weighted by atomic mass is 19.1. The minimum Gasteiger partial charge on any atom is -0.349 e. The van der Waals surface area contributed by atoms with Crippen LogP contribution in [0.2, 0.25) is 0 Å². The monoisotopic (exact) mass is 426 g/mol. The van der Waals surface area contributed by atoms with E-state index in [9.17, 15) is 14.0 Å². The lowest BCUT2D eigenvalue weighted by Crippen LogP contribution is -2.54. The van der Waals surface area contributed by atoms with Crippen molar-refractivity contribution in [1.82, 2.24) is 20.2 Å². The van der Waals surface area contributed by atoms with Crippen molar-refractivity contribution in [3.63, 3.8) is 0 Å². The fourth-order valence-electron chi connectivity index (χ4n) is 4.40. The maximum atomic E-state index is 14.0. The SMILES string of the molecule is O=C(CN1C(=O)C2(Nc3ccccc3-c3nnnn32)c2ccccc21)c1ccc(F)cc1. The van der Waals surface area contributed by atoms with Crippen molar-refractivity contribution in [2.24, 2.45) is 0 Å². The molecule has 1 N–H and O–H groups in total. The van der Waals surface area contributed by atoms with Gasteiger partial charge in [-0.25, -0.2) is 4.39 Å². The third kappa shape index (κ3) is 2.38. The molecule has 0 saturated carbocycles. The van der Waals surface area contributed by atoms with E-state index in [0.717, 1.165) is 5.56 Å². The summed E-state index contributed by atoms with van der Waals surface area (Å²) in [5.41, 5.74) is 1.61. The van der Waals surface area contributed by atoms with Gasteiger partial charge in [-0.15, -0.1) is 5.10 Å². The van der Waals surface area contributed by atoms with Crippen LogP contribution in [0, 0.1) is 5.82 Å². The van der Waals surface area contributed by atoms with E-state index in [2.05, 4.69) is 20.8 Å². The number of para-hydroxylation sites is 2. The van der Waals surface area contributed by atoms with Gasteiger partial charge in [-0.1, -0.05) is 30.3 Å². The molecule has 1 amide bonds. The molecule has 9 heteroatoms. The highest BCUT2D eigenvalue weighted by Gasteiger charge is 2.57. The molecule has 3 aromatic carbocycles. The minimum atomic E-state index is -1.42. The van der Waals surface area contributed by atoms with Crippen LogP contribution >= 0.6 is 0 Å². The van der Waals surface area contributed by atoms with Crippen LogP contribution in [0.15, 0.2) is 72.8 Å². The van der Waals surface area contributed by atoms with Gasteiger partial charge in [-0.3, -0.25) is 9.59 Å². The molecular weight excluding hydrogens is 411 g/mol. The molecule has 1 atom stereocenters. The second kappa shape index (κ2) is 6.55. The molecule has 2 aliphatic rings. The van der Waals surface area contributed by atoms with Gasteiger partial charge in [0.1, 0.15) is 5.82 Å². The molecular formula is C23H15FN6O2. The number of nitrogens with zero attached hydrogens (tertiary/aromatic N) is 5. The average Bonchev–Trinajstić information content (AvgIpc) is 3.40. The van der Waals surface area contributed by atoms with Crippen molar-refractivity contribution in [3.8, 4) is 11.4 Å². The number of fused-ring (bicyclic) bond motifs is 6. The highest BCUT2D eigenvalue weighted by Crippen LogP contribution is 2.48. The molecule has 6 rings (SSSR count). The quantitative estimate of drug-likeness (QED) is 0.507. The molecule has 8 nitrogen and oxygen atoms in total. The minimum absolute atomic E-state index is 0.204. The molecule has 0 fully saturated rings. The van der Waals surface area contributed by atoms with Gasteiger partial charge in [0, 0.05) is 22.4 Å². The summed E-state index contributed by atoms with van der Waals surface area (Å²) in [4.78, 5) is 28.3. The normalized spacial score (nSPS) is 18.2. The third-order valence-corrected chi connectivity index (χ3v) is 5.88. The molecule has 1 unspecified atom stereocenters. The molecule has 0 bridgehead atoms. The maximum Gasteiger partial charge on any atom is 0.281 e. The number of carbonyl (C=O) groups excluding carboxylic acids is 2. The van der Waals surface area contributed by atoms with Crippen molar-refractivity contribution in [2.45, 2.75) is 5.66 Å². The number of halogens is 1. The molecule has 1 spiro atoms. The maximum absolute atomic E-state index is 14.0. The van der Waals surface area contributed by atoms with Crippen LogP contribution in [0.4, 0.5) is 15.8 Å². The van der Waals surface area contributed by atoms with E-state index in [4.69, 9.17) is 0 Å². The van der Waals surface area contributed by atoms with Crippen LogP contribution in [-0.4, -0.2) is 38.4 Å². The van der Waals surface area contributed by atoms with Crippen molar-refractivity contribution in [3.05, 3.63) is 89.7 Å². The van der Waals surface area contributed by atoms with E-state index < -0.39 is 11.5 Å². The number of carbonyl (C=O) groups is 2. The fourth-order valence-corrected chi connectivity index (χ4v) is 4.40. The van der Waals surface area contributed by atoms with Gasteiger partial charge >= 0.3 is 0 Å². The summed E-state index contributed by atoms with van der Waals surface area (Å²) in [6.45, 7) is -0.204. The highest BCUT2D eigenvalue weighted by molar-refractivity contribution is 6.14. The van der Waals surface area contributed by atoms with Gasteiger partial charge in [0.05, 0.1) is 12.2 Å². The molecule has 4 aromatic rings. The van der Waals surface area contributed by atoms with Crippen LogP contribution in [0.3, 0.4) is 0 Å². The van der Waals surface area contributed by atoms with E-state index in [1.54, 1.807) is 12.1 Å². The predicted molar refractivity (Wildman–Crippen MR) is 113 cm³/mol. The number of ketones is 1. The van der Waals surface area contributed by atoms with Gasteiger partial charge in [-0.05, 0) is 52.9 Å². The first-order valence-corrected chi connectivity index (χ1v) is 9.96. The number of nitrogens with one attached hydrogen (secondary N) is 1. The third-order valence-electron chi connectivity index (χ3n) is 5.88. The summed E-state index contributed by atoms with van der Waals surface area (Å²) < 4.78 is 14.7. The Morgan fingerprint density at radius 3 is 2.59 bits per heavy atom. The van der Waals surface area contributed by atoms with E-state index in [0.29, 0.717) is 28.3 Å². The van der Waals surface area contributed by atoms with Crippen LogP contribution in [-0.2, 0) is 10.5 Å². The Bertz CT molecular complexity index is 1400. The number of hydrogen-bond donors (Lipinski definition) is 1. The van der Waals surface area contributed by atoms with Gasteiger partial charge in [0.2, 0.25) is 5.66 Å². The Labute approximate surface area is 181 Å². The van der Waals surface area contributed by atoms with E-state index in [1.807, 2.05) is 36.4 Å². The van der Waals surface area contributed by atoms with E-state index in [1.165, 1.54) is 33.8 Å². The summed E-state index contributed by atoms with van der Waals surface area (Å²) in [7, 11) is 0. The number of anilines is 2. The first kappa shape index (κ1) is 18.4. The average molecular weight is 426 g/mol. The van der Waals surface area contributed by atoms with Gasteiger partial charge < -0.3 is 10.2 Å². The van der Waals surface area contributed by atoms with Crippen molar-refractivity contribution in [2.75, 3.05) is 16.8 Å². The first-order valence-electron chi connectivity index (χ1n) is 9.96. The van der Waals surface area contributed by atoms with Gasteiger partial charge in [0.15, 0.2) is 11.6 Å². The Hall–Kier alpha value is -4.40. The summed E-state index contributed by atoms with van der Waals surface area (Å²) >= 11 is 0. The number of amides is 1. The first-order chi connectivity index (χ1) is 15.6. The van der Waals surface area contributed by atoms with Crippen molar-refractivity contribution < 1.29 is 14.0 Å². The Balaban J connectivity index is 1.48. The summed E-state index contributed by atoms with van der Waals surface area (Å²) in [5, 5.41) is 15.5. The molecule has 2 aliphatic heterocycles. The second-order valence-electron chi connectivity index (χ2n) is 7.63. The molecule has 0 radical (unpaired) electrons. The Kier molecular flexibility index (Phi) is 3.76. The molecule has 3 heterocycles. The van der Waals surface area contributed by atoms with Crippen molar-refractivity contribution >= 4 is 23.1 Å². The van der Waals surface area contributed by atoms with Crippen molar-refractivity contribution in [1.29, 1.82) is 0 Å².